The SMILES string of the molecule is CCOC1CC(NC(=O)c2ccc3c(c2)CC(=O)N3)C1. The van der Waals surface area contributed by atoms with Crippen molar-refractivity contribution in [3.63, 3.8) is 0 Å². The third kappa shape index (κ3) is 2.54. The molecule has 1 heterocycles. The highest BCUT2D eigenvalue weighted by Crippen LogP contribution is 2.26. The number of rotatable bonds is 4. The molecule has 1 aliphatic carbocycles. The monoisotopic (exact) mass is 274 g/mol. The number of hydrogen-bond donors (Lipinski definition) is 2. The summed E-state index contributed by atoms with van der Waals surface area (Å²) in [4.78, 5) is 23.4. The van der Waals surface area contributed by atoms with Gasteiger partial charge in [0.15, 0.2) is 0 Å². The highest BCUT2D eigenvalue weighted by Gasteiger charge is 2.31. The molecule has 106 valence electrons. The molecule has 0 spiro atoms. The maximum atomic E-state index is 12.1. The molecule has 0 atom stereocenters. The van der Waals surface area contributed by atoms with Crippen molar-refractivity contribution in [1.29, 1.82) is 0 Å². The Morgan fingerprint density at radius 3 is 3.00 bits per heavy atom. The van der Waals surface area contributed by atoms with Crippen LogP contribution in [0.3, 0.4) is 0 Å². The summed E-state index contributed by atoms with van der Waals surface area (Å²) in [7, 11) is 0. The number of hydrogen-bond acceptors (Lipinski definition) is 3. The van der Waals surface area contributed by atoms with Crippen LogP contribution in [0.5, 0.6) is 0 Å². The molecular formula is C15H18N2O3. The molecule has 5 heteroatoms. The molecule has 0 aromatic heterocycles. The topological polar surface area (TPSA) is 67.4 Å². The van der Waals surface area contributed by atoms with Crippen molar-refractivity contribution in [2.75, 3.05) is 11.9 Å². The van der Waals surface area contributed by atoms with E-state index in [0.29, 0.717) is 12.0 Å². The van der Waals surface area contributed by atoms with Crippen LogP contribution < -0.4 is 10.6 Å². The number of amides is 2. The molecule has 5 nitrogen and oxygen atoms in total. The molecule has 0 unspecified atom stereocenters. The lowest BCUT2D eigenvalue weighted by molar-refractivity contribution is -0.115. The first-order valence-corrected chi connectivity index (χ1v) is 7.01. The Morgan fingerprint density at radius 2 is 2.25 bits per heavy atom. The predicted octanol–water partition coefficient (Wildman–Crippen LogP) is 1.48. The van der Waals surface area contributed by atoms with Crippen LogP contribution in [0.25, 0.3) is 0 Å². The van der Waals surface area contributed by atoms with Gasteiger partial charge in [-0.05, 0) is 43.5 Å². The zero-order valence-electron chi connectivity index (χ0n) is 11.4. The normalized spacial score (nSPS) is 23.8. The van der Waals surface area contributed by atoms with E-state index in [4.69, 9.17) is 4.74 Å². The van der Waals surface area contributed by atoms with Gasteiger partial charge in [-0.3, -0.25) is 9.59 Å². The van der Waals surface area contributed by atoms with E-state index in [1.807, 2.05) is 6.92 Å². The van der Waals surface area contributed by atoms with Crippen LogP contribution in [-0.4, -0.2) is 30.6 Å². The van der Waals surface area contributed by atoms with Crippen molar-refractivity contribution >= 4 is 17.5 Å². The Kier molecular flexibility index (Phi) is 3.44. The fourth-order valence-electron chi connectivity index (χ4n) is 2.69. The van der Waals surface area contributed by atoms with Gasteiger partial charge in [0.2, 0.25) is 5.91 Å². The summed E-state index contributed by atoms with van der Waals surface area (Å²) in [6.07, 6.45) is 2.40. The molecule has 3 rings (SSSR count). The van der Waals surface area contributed by atoms with E-state index >= 15 is 0 Å². The van der Waals surface area contributed by atoms with Crippen molar-refractivity contribution in [2.24, 2.45) is 0 Å². The Balaban J connectivity index is 1.59. The van der Waals surface area contributed by atoms with Crippen molar-refractivity contribution in [3.8, 4) is 0 Å². The number of nitrogens with one attached hydrogen (secondary N) is 2. The number of ether oxygens (including phenoxy) is 1. The highest BCUT2D eigenvalue weighted by atomic mass is 16.5. The van der Waals surface area contributed by atoms with Crippen molar-refractivity contribution in [1.82, 2.24) is 5.32 Å². The third-order valence-corrected chi connectivity index (χ3v) is 3.82. The van der Waals surface area contributed by atoms with E-state index in [-0.39, 0.29) is 24.0 Å². The van der Waals surface area contributed by atoms with Gasteiger partial charge in [-0.2, -0.15) is 0 Å². The summed E-state index contributed by atoms with van der Waals surface area (Å²) in [5.74, 6) is -0.0943. The molecule has 1 aromatic carbocycles. The average Bonchev–Trinajstić information content (AvgIpc) is 2.75. The smallest absolute Gasteiger partial charge is 0.251 e. The largest absolute Gasteiger partial charge is 0.378 e. The summed E-state index contributed by atoms with van der Waals surface area (Å²) >= 11 is 0. The first-order valence-electron chi connectivity index (χ1n) is 7.01. The molecule has 1 aromatic rings. The van der Waals surface area contributed by atoms with E-state index in [2.05, 4.69) is 10.6 Å². The minimum atomic E-state index is -0.0768. The summed E-state index contributed by atoms with van der Waals surface area (Å²) in [6.45, 7) is 2.70. The van der Waals surface area contributed by atoms with Crippen LogP contribution in [0, 0.1) is 0 Å². The fourth-order valence-corrected chi connectivity index (χ4v) is 2.69. The molecule has 1 saturated carbocycles. The maximum Gasteiger partial charge on any atom is 0.251 e. The van der Waals surface area contributed by atoms with E-state index < -0.39 is 0 Å². The zero-order chi connectivity index (χ0) is 14.1. The minimum absolute atomic E-state index is 0.0175. The van der Waals surface area contributed by atoms with E-state index in [1.54, 1.807) is 18.2 Å². The van der Waals surface area contributed by atoms with Crippen LogP contribution in [0.15, 0.2) is 18.2 Å². The van der Waals surface area contributed by atoms with Gasteiger partial charge >= 0.3 is 0 Å². The summed E-state index contributed by atoms with van der Waals surface area (Å²) in [5.41, 5.74) is 2.31. The van der Waals surface area contributed by atoms with Crippen LogP contribution in [-0.2, 0) is 16.0 Å². The van der Waals surface area contributed by atoms with Crippen LogP contribution in [0.4, 0.5) is 5.69 Å². The van der Waals surface area contributed by atoms with Gasteiger partial charge in [0.05, 0.1) is 12.5 Å². The predicted molar refractivity (Wildman–Crippen MR) is 74.7 cm³/mol. The first kappa shape index (κ1) is 13.1. The van der Waals surface area contributed by atoms with E-state index in [0.717, 1.165) is 30.7 Å². The second-order valence-corrected chi connectivity index (χ2v) is 5.32. The molecule has 2 N–H and O–H groups in total. The Hall–Kier alpha value is -1.88. The molecule has 0 saturated heterocycles. The average molecular weight is 274 g/mol. The van der Waals surface area contributed by atoms with E-state index in [1.165, 1.54) is 0 Å². The Labute approximate surface area is 117 Å². The summed E-state index contributed by atoms with van der Waals surface area (Å²) in [5, 5.41) is 5.76. The molecule has 2 aliphatic rings. The van der Waals surface area contributed by atoms with Gasteiger partial charge in [-0.1, -0.05) is 0 Å². The standard InChI is InChI=1S/C15H18N2O3/c1-2-20-12-7-11(8-12)16-15(19)9-3-4-13-10(5-9)6-14(18)17-13/h3-5,11-12H,2,6-8H2,1H3,(H,16,19)(H,17,18). The number of carbonyl (C=O) groups excluding carboxylic acids is 2. The van der Waals surface area contributed by atoms with Crippen molar-refractivity contribution in [3.05, 3.63) is 29.3 Å². The molecular weight excluding hydrogens is 256 g/mol. The van der Waals surface area contributed by atoms with Gasteiger partial charge in [0.25, 0.3) is 5.91 Å². The molecule has 2 amide bonds. The minimum Gasteiger partial charge on any atom is -0.378 e. The first-order chi connectivity index (χ1) is 9.65. The summed E-state index contributed by atoms with van der Waals surface area (Å²) < 4.78 is 5.47. The maximum absolute atomic E-state index is 12.1. The number of fused-ring (bicyclic) bond motifs is 1. The molecule has 1 fully saturated rings. The lowest BCUT2D eigenvalue weighted by Gasteiger charge is -2.35. The molecule has 20 heavy (non-hydrogen) atoms. The van der Waals surface area contributed by atoms with Gasteiger partial charge in [0, 0.05) is 23.9 Å². The quantitative estimate of drug-likeness (QED) is 0.874. The van der Waals surface area contributed by atoms with Crippen molar-refractivity contribution in [2.45, 2.75) is 38.3 Å². The Bertz CT molecular complexity index is 550. The van der Waals surface area contributed by atoms with Gasteiger partial charge in [-0.25, -0.2) is 0 Å². The van der Waals surface area contributed by atoms with Gasteiger partial charge < -0.3 is 15.4 Å². The van der Waals surface area contributed by atoms with Crippen molar-refractivity contribution < 1.29 is 14.3 Å². The third-order valence-electron chi connectivity index (χ3n) is 3.82. The van der Waals surface area contributed by atoms with Crippen LogP contribution >= 0.6 is 0 Å². The van der Waals surface area contributed by atoms with E-state index in [9.17, 15) is 9.59 Å². The molecule has 0 bridgehead atoms. The number of carbonyl (C=O) groups is 2. The van der Waals surface area contributed by atoms with Gasteiger partial charge in [0.1, 0.15) is 0 Å². The Morgan fingerprint density at radius 1 is 1.45 bits per heavy atom. The summed E-state index contributed by atoms with van der Waals surface area (Å²) in [6, 6.07) is 5.53. The molecule has 1 aliphatic heterocycles. The lowest BCUT2D eigenvalue weighted by atomic mass is 9.89. The number of anilines is 1. The van der Waals surface area contributed by atoms with Crippen LogP contribution in [0.1, 0.15) is 35.7 Å². The van der Waals surface area contributed by atoms with Crippen LogP contribution in [0.2, 0.25) is 0 Å². The lowest BCUT2D eigenvalue weighted by Crippen LogP contribution is -2.47. The zero-order valence-corrected chi connectivity index (χ0v) is 11.4. The van der Waals surface area contributed by atoms with Gasteiger partial charge in [-0.15, -0.1) is 0 Å². The second kappa shape index (κ2) is 5.25. The highest BCUT2D eigenvalue weighted by molar-refractivity contribution is 6.01. The molecule has 0 radical (unpaired) electrons. The fraction of sp³-hybridized carbons (Fsp3) is 0.467. The number of benzene rings is 1. The second-order valence-electron chi connectivity index (χ2n) is 5.32.